The van der Waals surface area contributed by atoms with Crippen molar-refractivity contribution in [2.24, 2.45) is 0 Å². The van der Waals surface area contributed by atoms with Crippen LogP contribution in [-0.4, -0.2) is 60.1 Å². The Bertz CT molecular complexity index is 1290. The summed E-state index contributed by atoms with van der Waals surface area (Å²) < 4.78 is 33.5. The van der Waals surface area contributed by atoms with E-state index in [-0.39, 0.29) is 5.75 Å². The number of ether oxygens (including phenoxy) is 1. The number of benzene rings is 1. The van der Waals surface area contributed by atoms with E-state index in [4.69, 9.17) is 4.74 Å². The first-order valence-electron chi connectivity index (χ1n) is 11.0. The van der Waals surface area contributed by atoms with Gasteiger partial charge in [-0.3, -0.25) is 4.90 Å². The molecule has 0 bridgehead atoms. The first-order valence-corrected chi connectivity index (χ1v) is 11.8. The second kappa shape index (κ2) is 8.85. The van der Waals surface area contributed by atoms with Gasteiger partial charge in [-0.15, -0.1) is 11.3 Å². The molecule has 8 heteroatoms. The summed E-state index contributed by atoms with van der Waals surface area (Å²) in [5.74, 6) is -1.36. The molecule has 1 aromatic carbocycles. The Balaban J connectivity index is 1.49. The molecule has 1 atom stereocenters. The Kier molecular flexibility index (Phi) is 5.90. The van der Waals surface area contributed by atoms with Crippen molar-refractivity contribution in [3.05, 3.63) is 59.2 Å². The molecule has 1 unspecified atom stereocenters. The molecular formula is C25H26F2N4OS. The summed E-state index contributed by atoms with van der Waals surface area (Å²) in [7, 11) is 3.55. The number of hydrogen-bond acceptors (Lipinski definition) is 5. The van der Waals surface area contributed by atoms with Crippen LogP contribution in [0, 0.1) is 11.6 Å². The molecule has 172 valence electrons. The summed E-state index contributed by atoms with van der Waals surface area (Å²) in [6, 6.07) is 8.82. The lowest BCUT2D eigenvalue weighted by atomic mass is 10.0. The van der Waals surface area contributed by atoms with E-state index in [1.165, 1.54) is 18.1 Å². The lowest BCUT2D eigenvalue weighted by Crippen LogP contribution is -2.45. The van der Waals surface area contributed by atoms with E-state index >= 15 is 0 Å². The molecular weight excluding hydrogens is 442 g/mol. The van der Waals surface area contributed by atoms with Crippen molar-refractivity contribution < 1.29 is 13.5 Å². The topological polar surface area (TPSA) is 44.4 Å². The van der Waals surface area contributed by atoms with Gasteiger partial charge >= 0.3 is 0 Å². The zero-order valence-electron chi connectivity index (χ0n) is 18.9. The number of likely N-dealkylation sites (N-methyl/N-ethyl adjacent to an activating group) is 1. The monoisotopic (exact) mass is 468 g/mol. The second-order valence-electron chi connectivity index (χ2n) is 8.51. The number of pyridine rings is 1. The predicted molar refractivity (Wildman–Crippen MR) is 129 cm³/mol. The molecule has 5 rings (SSSR count). The quantitative estimate of drug-likeness (QED) is 0.417. The van der Waals surface area contributed by atoms with Gasteiger partial charge in [0.1, 0.15) is 11.5 Å². The van der Waals surface area contributed by atoms with E-state index in [9.17, 15) is 8.78 Å². The van der Waals surface area contributed by atoms with Crippen LogP contribution < -0.4 is 4.74 Å². The van der Waals surface area contributed by atoms with Gasteiger partial charge in [-0.05, 0) is 38.2 Å². The summed E-state index contributed by atoms with van der Waals surface area (Å²) >= 11 is 1.76. The van der Waals surface area contributed by atoms with Gasteiger partial charge in [-0.2, -0.15) is 0 Å². The first kappa shape index (κ1) is 22.0. The average molecular weight is 469 g/mol. The third-order valence-electron chi connectivity index (χ3n) is 6.44. The number of H-pyrrole nitrogens is 1. The van der Waals surface area contributed by atoms with E-state index in [0.717, 1.165) is 48.1 Å². The van der Waals surface area contributed by atoms with E-state index in [1.54, 1.807) is 17.5 Å². The smallest absolute Gasteiger partial charge is 0.168 e. The minimum Gasteiger partial charge on any atom is -0.493 e. The molecule has 5 nitrogen and oxygen atoms in total. The Hall–Kier alpha value is -2.81. The van der Waals surface area contributed by atoms with Gasteiger partial charge in [0.15, 0.2) is 11.6 Å². The van der Waals surface area contributed by atoms with Gasteiger partial charge in [0, 0.05) is 82.5 Å². The SMILES string of the molecule is COc1c(F)cc(F)cc1-c1c[nH]c2ncc(-c3ccc(C(C)N4CCN(C)CC4)s3)cc12. The minimum absolute atomic E-state index is 0.0158. The summed E-state index contributed by atoms with van der Waals surface area (Å²) in [4.78, 5) is 15.0. The van der Waals surface area contributed by atoms with E-state index in [2.05, 4.69) is 45.9 Å². The molecule has 1 fully saturated rings. The number of methoxy groups -OCH3 is 1. The average Bonchev–Trinajstić information content (AvgIpc) is 3.46. The van der Waals surface area contributed by atoms with Crippen LogP contribution in [0.5, 0.6) is 5.75 Å². The van der Waals surface area contributed by atoms with Crippen molar-refractivity contribution in [1.29, 1.82) is 0 Å². The Morgan fingerprint density at radius 3 is 2.64 bits per heavy atom. The molecule has 0 amide bonds. The molecule has 4 aromatic rings. The fourth-order valence-electron chi connectivity index (χ4n) is 4.45. The van der Waals surface area contributed by atoms with E-state index < -0.39 is 11.6 Å². The van der Waals surface area contributed by atoms with Gasteiger partial charge in [0.2, 0.25) is 0 Å². The minimum atomic E-state index is -0.730. The maximum Gasteiger partial charge on any atom is 0.168 e. The highest BCUT2D eigenvalue weighted by atomic mass is 32.1. The molecule has 0 spiro atoms. The van der Waals surface area contributed by atoms with Crippen LogP contribution in [0.25, 0.3) is 32.6 Å². The van der Waals surface area contributed by atoms with Crippen molar-refractivity contribution in [1.82, 2.24) is 19.8 Å². The normalized spacial score (nSPS) is 16.4. The maximum absolute atomic E-state index is 14.3. The molecule has 0 aliphatic carbocycles. The lowest BCUT2D eigenvalue weighted by molar-refractivity contribution is 0.120. The van der Waals surface area contributed by atoms with Gasteiger partial charge in [0.05, 0.1) is 7.11 Å². The zero-order valence-corrected chi connectivity index (χ0v) is 19.7. The number of nitrogens with one attached hydrogen (secondary N) is 1. The largest absolute Gasteiger partial charge is 0.493 e. The molecule has 0 saturated carbocycles. The van der Waals surface area contributed by atoms with Crippen molar-refractivity contribution in [3.63, 3.8) is 0 Å². The van der Waals surface area contributed by atoms with Gasteiger partial charge in [0.25, 0.3) is 0 Å². The van der Waals surface area contributed by atoms with Crippen LogP contribution in [0.15, 0.2) is 42.7 Å². The van der Waals surface area contributed by atoms with Crippen LogP contribution >= 0.6 is 11.3 Å². The molecule has 0 radical (unpaired) electrons. The third-order valence-corrected chi connectivity index (χ3v) is 7.75. The van der Waals surface area contributed by atoms with Crippen LogP contribution in [-0.2, 0) is 0 Å². The van der Waals surface area contributed by atoms with E-state index in [0.29, 0.717) is 22.8 Å². The molecule has 1 saturated heterocycles. The fraction of sp³-hybridized carbons (Fsp3) is 0.320. The van der Waals surface area contributed by atoms with E-state index in [1.807, 2.05) is 12.3 Å². The first-order chi connectivity index (χ1) is 15.9. The predicted octanol–water partition coefficient (Wildman–Crippen LogP) is 5.55. The highest BCUT2D eigenvalue weighted by Gasteiger charge is 2.22. The summed E-state index contributed by atoms with van der Waals surface area (Å²) in [6.45, 7) is 6.57. The number of halogens is 2. The number of thiophene rings is 1. The Morgan fingerprint density at radius 2 is 1.88 bits per heavy atom. The third kappa shape index (κ3) is 4.14. The summed E-state index contributed by atoms with van der Waals surface area (Å²) in [5.41, 5.74) is 2.64. The summed E-state index contributed by atoms with van der Waals surface area (Å²) in [5, 5.41) is 0.790. The molecule has 1 aliphatic rings. The van der Waals surface area contributed by atoms with Crippen LogP contribution in [0.2, 0.25) is 0 Å². The van der Waals surface area contributed by atoms with Crippen molar-refractivity contribution in [2.45, 2.75) is 13.0 Å². The van der Waals surface area contributed by atoms with Crippen LogP contribution in [0.3, 0.4) is 0 Å². The van der Waals surface area contributed by atoms with Crippen LogP contribution in [0.1, 0.15) is 17.8 Å². The standard InChI is InChI=1S/C25H26F2N4OS/c1-15(31-8-6-30(2)7-9-31)22-4-5-23(33-22)16-10-19-20(14-29-25(19)28-13-16)18-11-17(26)12-21(27)24(18)32-3/h4-5,10-15H,6-9H2,1-3H3,(H,28,29). The molecule has 3 aromatic heterocycles. The number of hydrogen-bond donors (Lipinski definition) is 1. The van der Waals surface area contributed by atoms with Crippen molar-refractivity contribution in [3.8, 4) is 27.3 Å². The molecule has 1 N–H and O–H groups in total. The second-order valence-corrected chi connectivity index (χ2v) is 9.62. The number of rotatable bonds is 5. The number of fused-ring (bicyclic) bond motifs is 1. The van der Waals surface area contributed by atoms with Crippen molar-refractivity contribution in [2.75, 3.05) is 40.3 Å². The fourth-order valence-corrected chi connectivity index (χ4v) is 5.53. The number of nitrogens with zero attached hydrogens (tertiary/aromatic N) is 3. The number of piperazine rings is 1. The number of aromatic amines is 1. The Labute approximate surface area is 195 Å². The highest BCUT2D eigenvalue weighted by molar-refractivity contribution is 7.15. The lowest BCUT2D eigenvalue weighted by Gasteiger charge is -2.36. The van der Waals surface area contributed by atoms with Gasteiger partial charge in [-0.1, -0.05) is 0 Å². The maximum atomic E-state index is 14.3. The van der Waals surface area contributed by atoms with Gasteiger partial charge in [-0.25, -0.2) is 13.8 Å². The molecule has 33 heavy (non-hydrogen) atoms. The summed E-state index contributed by atoms with van der Waals surface area (Å²) in [6.07, 6.45) is 3.55. The molecule has 1 aliphatic heterocycles. The van der Waals surface area contributed by atoms with Gasteiger partial charge < -0.3 is 14.6 Å². The highest BCUT2D eigenvalue weighted by Crippen LogP contribution is 2.39. The Morgan fingerprint density at radius 1 is 1.09 bits per heavy atom. The molecule has 4 heterocycles. The zero-order chi connectivity index (χ0) is 23.1. The van der Waals surface area contributed by atoms with Crippen LogP contribution in [0.4, 0.5) is 8.78 Å². The van der Waals surface area contributed by atoms with Crippen molar-refractivity contribution >= 4 is 22.4 Å². The number of aromatic nitrogens is 2.